The Hall–Kier alpha value is -13.9. The Kier molecular flexibility index (Phi) is 16.1. The van der Waals surface area contributed by atoms with Crippen molar-refractivity contribution in [3.63, 3.8) is 0 Å². The molecule has 0 atom stereocenters. The van der Waals surface area contributed by atoms with Gasteiger partial charge in [-0.05, 0) is 91.3 Å². The first-order valence-corrected chi connectivity index (χ1v) is 37.7. The number of hydrogen-bond donors (Lipinski definition) is 0. The van der Waals surface area contributed by atoms with E-state index in [1.54, 1.807) is 0 Å². The van der Waals surface area contributed by atoms with Crippen molar-refractivity contribution in [3.8, 4) is 124 Å². The third-order valence-electron chi connectivity index (χ3n) is 20.3. The van der Waals surface area contributed by atoms with E-state index in [4.69, 9.17) is 39.9 Å². The minimum absolute atomic E-state index is 0.621. The van der Waals surface area contributed by atoms with Crippen molar-refractivity contribution >= 4 is 106 Å². The molecule has 6 aromatic heterocycles. The standard InChI is InChI=1S/C52H32N4S.C46H28N4S/c1-3-12-33(13-4-1)34-22-26-38(27-23-34)51-54-50(37-15-5-2-6-16-37)55-52(56-51)39-28-24-36(25-29-39)48-47-43-19-9-10-21-46(43)57-49(47)44-32-40(30-31-45(44)53-48)42-20-11-17-35-14-7-8-18-41(35)42;1-3-13-31(14-4-1)44-48-45(32-15-5-2-6-16-32)50-46(49-44)33-24-22-30(23-25-33)42-41-37-19-9-10-21-40(37)51-43(41)38-28-34(26-27-39(38)47-42)36-20-11-17-29-12-7-8-18-35(29)36/h1-32H;1-28H. The van der Waals surface area contributed by atoms with E-state index in [9.17, 15) is 0 Å². The van der Waals surface area contributed by atoms with Crippen LogP contribution in [0, 0.1) is 0 Å². The minimum atomic E-state index is 0.621. The fraction of sp³-hybridized carbons (Fsp3) is 0. The maximum atomic E-state index is 5.40. The fourth-order valence-corrected chi connectivity index (χ4v) is 17.4. The highest BCUT2D eigenvalue weighted by Crippen LogP contribution is 2.47. The number of benzene rings is 15. The molecule has 504 valence electrons. The molecule has 21 aromatic rings. The first kappa shape index (κ1) is 63.8. The van der Waals surface area contributed by atoms with Gasteiger partial charge in [0, 0.05) is 95.6 Å². The van der Waals surface area contributed by atoms with Crippen LogP contribution in [0.15, 0.2) is 364 Å². The molecule has 0 N–H and O–H groups in total. The molecule has 108 heavy (non-hydrogen) atoms. The zero-order valence-corrected chi connectivity index (χ0v) is 59.7. The Morgan fingerprint density at radius 1 is 0.176 bits per heavy atom. The Bertz CT molecular complexity index is 6940. The zero-order valence-electron chi connectivity index (χ0n) is 58.0. The molecule has 8 nitrogen and oxygen atoms in total. The molecule has 0 unspecified atom stereocenters. The lowest BCUT2D eigenvalue weighted by molar-refractivity contribution is 1.07. The zero-order chi connectivity index (χ0) is 71.4. The lowest BCUT2D eigenvalue weighted by atomic mass is 9.96. The molecular weight excluding hydrogens is 1350 g/mol. The van der Waals surface area contributed by atoms with Gasteiger partial charge in [-0.25, -0.2) is 39.9 Å². The Balaban J connectivity index is 0.000000143. The first-order chi connectivity index (χ1) is 53.5. The van der Waals surface area contributed by atoms with Crippen LogP contribution in [0.1, 0.15) is 0 Å². The van der Waals surface area contributed by atoms with Gasteiger partial charge in [0.25, 0.3) is 0 Å². The van der Waals surface area contributed by atoms with Gasteiger partial charge in [-0.1, -0.05) is 328 Å². The summed E-state index contributed by atoms with van der Waals surface area (Å²) in [7, 11) is 0. The van der Waals surface area contributed by atoms with Crippen LogP contribution >= 0.6 is 22.7 Å². The third-order valence-corrected chi connectivity index (χ3v) is 22.7. The van der Waals surface area contributed by atoms with Crippen molar-refractivity contribution in [1.29, 1.82) is 0 Å². The normalized spacial score (nSPS) is 11.5. The van der Waals surface area contributed by atoms with Gasteiger partial charge in [-0.2, -0.15) is 0 Å². The number of nitrogens with zero attached hydrogens (tertiary/aromatic N) is 8. The second kappa shape index (κ2) is 27.3. The lowest BCUT2D eigenvalue weighted by Crippen LogP contribution is -2.00. The monoisotopic (exact) mass is 1410 g/mol. The van der Waals surface area contributed by atoms with Crippen molar-refractivity contribution in [1.82, 2.24) is 39.9 Å². The summed E-state index contributed by atoms with van der Waals surface area (Å²) < 4.78 is 5.00. The van der Waals surface area contributed by atoms with Crippen molar-refractivity contribution in [3.05, 3.63) is 364 Å². The molecule has 0 saturated carbocycles. The first-order valence-electron chi connectivity index (χ1n) is 36.0. The Labute approximate surface area is 630 Å². The van der Waals surface area contributed by atoms with Gasteiger partial charge in [0.2, 0.25) is 0 Å². The molecule has 0 aliphatic carbocycles. The summed E-state index contributed by atoms with van der Waals surface area (Å²) in [6.45, 7) is 0. The van der Waals surface area contributed by atoms with E-state index in [1.165, 1.54) is 100 Å². The van der Waals surface area contributed by atoms with Gasteiger partial charge in [0.15, 0.2) is 34.9 Å². The molecule has 0 aliphatic rings. The summed E-state index contributed by atoms with van der Waals surface area (Å²) in [5.41, 5.74) is 18.8. The molecule has 0 radical (unpaired) electrons. The molecule has 0 amide bonds. The highest BCUT2D eigenvalue weighted by molar-refractivity contribution is 7.27. The van der Waals surface area contributed by atoms with Crippen molar-refractivity contribution in [2.24, 2.45) is 0 Å². The van der Waals surface area contributed by atoms with E-state index < -0.39 is 0 Å². The Morgan fingerprint density at radius 3 is 0.815 bits per heavy atom. The quantitative estimate of drug-likeness (QED) is 0.126. The molecule has 21 rings (SSSR count). The van der Waals surface area contributed by atoms with Gasteiger partial charge >= 0.3 is 0 Å². The van der Waals surface area contributed by atoms with E-state index in [0.29, 0.717) is 34.9 Å². The molecule has 0 spiro atoms. The fourth-order valence-electron chi connectivity index (χ4n) is 14.9. The van der Waals surface area contributed by atoms with Gasteiger partial charge in [0.1, 0.15) is 0 Å². The number of fused-ring (bicyclic) bond motifs is 12. The second-order valence-corrected chi connectivity index (χ2v) is 29.0. The molecule has 0 bridgehead atoms. The number of hydrogen-bond acceptors (Lipinski definition) is 10. The van der Waals surface area contributed by atoms with Crippen LogP contribution in [0.4, 0.5) is 0 Å². The molecule has 10 heteroatoms. The van der Waals surface area contributed by atoms with Crippen LogP contribution in [0.25, 0.3) is 208 Å². The maximum Gasteiger partial charge on any atom is 0.164 e. The van der Waals surface area contributed by atoms with E-state index in [2.05, 4.69) is 267 Å². The average Bonchev–Trinajstić information content (AvgIpc) is 1.56. The maximum absolute atomic E-state index is 5.40. The van der Waals surface area contributed by atoms with Crippen molar-refractivity contribution in [2.75, 3.05) is 0 Å². The van der Waals surface area contributed by atoms with Crippen molar-refractivity contribution < 1.29 is 0 Å². The summed E-state index contributed by atoms with van der Waals surface area (Å²) in [6, 6.07) is 127. The van der Waals surface area contributed by atoms with Gasteiger partial charge in [-0.3, -0.25) is 0 Å². The molecule has 0 fully saturated rings. The van der Waals surface area contributed by atoms with Gasteiger partial charge in [0.05, 0.1) is 22.4 Å². The van der Waals surface area contributed by atoms with E-state index in [-0.39, 0.29) is 0 Å². The molecular formula is C98H60N8S2. The summed E-state index contributed by atoms with van der Waals surface area (Å²) in [5, 5.41) is 12.1. The van der Waals surface area contributed by atoms with Crippen LogP contribution in [0.3, 0.4) is 0 Å². The second-order valence-electron chi connectivity index (χ2n) is 26.9. The van der Waals surface area contributed by atoms with Crippen LogP contribution in [0.5, 0.6) is 0 Å². The summed E-state index contributed by atoms with van der Waals surface area (Å²) in [5.74, 6) is 3.82. The summed E-state index contributed by atoms with van der Waals surface area (Å²) in [4.78, 5) is 40.5. The largest absolute Gasteiger partial charge is 0.247 e. The minimum Gasteiger partial charge on any atom is -0.247 e. The number of aromatic nitrogens is 8. The molecule has 15 aromatic carbocycles. The number of pyridine rings is 2. The molecule has 0 aliphatic heterocycles. The van der Waals surface area contributed by atoms with Gasteiger partial charge < -0.3 is 0 Å². The summed E-state index contributed by atoms with van der Waals surface area (Å²) >= 11 is 3.68. The number of rotatable bonds is 11. The third kappa shape index (κ3) is 11.8. The smallest absolute Gasteiger partial charge is 0.164 e. The van der Waals surface area contributed by atoms with Crippen molar-refractivity contribution in [2.45, 2.75) is 0 Å². The van der Waals surface area contributed by atoms with Crippen LogP contribution < -0.4 is 0 Å². The van der Waals surface area contributed by atoms with E-state index >= 15 is 0 Å². The van der Waals surface area contributed by atoms with Crippen LogP contribution in [0.2, 0.25) is 0 Å². The van der Waals surface area contributed by atoms with Crippen LogP contribution in [-0.2, 0) is 0 Å². The van der Waals surface area contributed by atoms with E-state index in [1.807, 2.05) is 120 Å². The Morgan fingerprint density at radius 2 is 0.444 bits per heavy atom. The molecule has 6 heterocycles. The SMILES string of the molecule is c1ccc(-c2ccc(-c3nc(-c4ccccc4)nc(-c4ccc(-c5nc6ccc(-c7cccc8ccccc78)cc6c6sc7ccccc7c56)cc4)n3)cc2)cc1.c1ccc(-c2nc(-c3ccccc3)nc(-c3ccc(-c4nc5ccc(-c6cccc7ccccc67)cc5c5sc6ccccc6c45)cc3)n2)cc1. The predicted molar refractivity (Wildman–Crippen MR) is 451 cm³/mol. The highest BCUT2D eigenvalue weighted by atomic mass is 32.1. The predicted octanol–water partition coefficient (Wildman–Crippen LogP) is 26.2. The highest BCUT2D eigenvalue weighted by Gasteiger charge is 2.22. The van der Waals surface area contributed by atoms with Crippen LogP contribution in [-0.4, -0.2) is 39.9 Å². The average molecular weight is 1410 g/mol. The van der Waals surface area contributed by atoms with E-state index in [0.717, 1.165) is 72.5 Å². The number of thiophene rings is 2. The summed E-state index contributed by atoms with van der Waals surface area (Å²) in [6.07, 6.45) is 0. The molecule has 0 saturated heterocycles. The lowest BCUT2D eigenvalue weighted by Gasteiger charge is -2.12. The topological polar surface area (TPSA) is 103 Å². The van der Waals surface area contributed by atoms with Gasteiger partial charge in [-0.15, -0.1) is 22.7 Å².